The van der Waals surface area contributed by atoms with Crippen molar-refractivity contribution in [3.63, 3.8) is 0 Å². The van der Waals surface area contributed by atoms with Crippen LogP contribution in [0.4, 0.5) is 13.2 Å². The van der Waals surface area contributed by atoms with Crippen molar-refractivity contribution >= 4 is 18.1 Å². The Kier molecular flexibility index (Phi) is 5.50. The molecule has 0 atom stereocenters. The molecule has 1 aromatic heterocycles. The lowest BCUT2D eigenvalue weighted by atomic mass is 10.2. The molecular weight excluding hydrogens is 393 g/mol. The van der Waals surface area contributed by atoms with E-state index in [-0.39, 0.29) is 22.8 Å². The number of benzene rings is 2. The zero-order chi connectivity index (χ0) is 20.3. The highest BCUT2D eigenvalue weighted by atomic mass is 32.1. The Morgan fingerprint density at radius 3 is 2.71 bits per heavy atom. The number of para-hydroxylation sites is 1. The first-order valence-corrected chi connectivity index (χ1v) is 8.47. The second kappa shape index (κ2) is 7.85. The van der Waals surface area contributed by atoms with Crippen LogP contribution >= 0.6 is 12.2 Å². The fraction of sp³-hybridized carbons (Fsp3) is 0.167. The lowest BCUT2D eigenvalue weighted by molar-refractivity contribution is -0.137. The molecule has 0 unspecified atom stereocenters. The van der Waals surface area contributed by atoms with Gasteiger partial charge in [-0.05, 0) is 42.5 Å². The molecule has 146 valence electrons. The molecule has 0 spiro atoms. The van der Waals surface area contributed by atoms with E-state index < -0.39 is 17.6 Å². The number of carbonyl (C=O) groups excluding carboxylic acids is 1. The molecule has 3 aromatic rings. The molecule has 2 aromatic carbocycles. The molecule has 0 aliphatic carbocycles. The third kappa shape index (κ3) is 4.06. The zero-order valence-electron chi connectivity index (χ0n) is 14.6. The van der Waals surface area contributed by atoms with Gasteiger partial charge in [-0.1, -0.05) is 18.2 Å². The largest absolute Gasteiger partial charge is 0.496 e. The molecule has 0 aliphatic rings. The Labute approximate surface area is 163 Å². The van der Waals surface area contributed by atoms with Gasteiger partial charge in [0.25, 0.3) is 5.91 Å². The molecule has 1 heterocycles. The van der Waals surface area contributed by atoms with Gasteiger partial charge in [0, 0.05) is 0 Å². The van der Waals surface area contributed by atoms with Gasteiger partial charge in [-0.2, -0.15) is 18.3 Å². The number of hydrogen-bond donors (Lipinski definition) is 2. The molecule has 0 saturated carbocycles. The van der Waals surface area contributed by atoms with Crippen LogP contribution in [0.2, 0.25) is 0 Å². The molecule has 0 aliphatic heterocycles. The quantitative estimate of drug-likeness (QED) is 0.629. The summed E-state index contributed by atoms with van der Waals surface area (Å²) >= 11 is 5.14. The van der Waals surface area contributed by atoms with Crippen LogP contribution in [-0.2, 0) is 12.7 Å². The minimum atomic E-state index is -4.49. The van der Waals surface area contributed by atoms with Crippen molar-refractivity contribution < 1.29 is 22.7 Å². The number of ether oxygens (including phenoxy) is 1. The van der Waals surface area contributed by atoms with E-state index in [2.05, 4.69) is 15.5 Å². The summed E-state index contributed by atoms with van der Waals surface area (Å²) in [6.07, 6.45) is -4.49. The molecule has 0 saturated heterocycles. The van der Waals surface area contributed by atoms with Gasteiger partial charge in [0.15, 0.2) is 10.6 Å². The van der Waals surface area contributed by atoms with E-state index in [1.54, 1.807) is 24.3 Å². The molecule has 2 N–H and O–H groups in total. The number of halogens is 3. The number of methoxy groups -OCH3 is 1. The fourth-order valence-electron chi connectivity index (χ4n) is 2.62. The highest BCUT2D eigenvalue weighted by molar-refractivity contribution is 7.71. The van der Waals surface area contributed by atoms with Crippen LogP contribution < -0.4 is 10.1 Å². The summed E-state index contributed by atoms with van der Waals surface area (Å²) in [5, 5.41) is 9.22. The zero-order valence-corrected chi connectivity index (χ0v) is 15.4. The standard InChI is InChI=1S/C18H15F3N4O2S/c1-27-14-8-3-2-7-13(14)16(26)22-10-15-23-24-17(28)25(15)12-6-4-5-11(9-12)18(19,20)21/h2-9H,10H2,1H3,(H,22,26)(H,24,28). The molecule has 0 radical (unpaired) electrons. The van der Waals surface area contributed by atoms with E-state index in [1.807, 2.05) is 0 Å². The summed E-state index contributed by atoms with van der Waals surface area (Å²) in [6.45, 7) is -0.0553. The van der Waals surface area contributed by atoms with Crippen molar-refractivity contribution in [2.24, 2.45) is 0 Å². The van der Waals surface area contributed by atoms with E-state index in [4.69, 9.17) is 17.0 Å². The second-order valence-electron chi connectivity index (χ2n) is 5.71. The molecule has 3 rings (SSSR count). The maximum absolute atomic E-state index is 13.0. The summed E-state index contributed by atoms with van der Waals surface area (Å²) in [6, 6.07) is 11.4. The summed E-state index contributed by atoms with van der Waals surface area (Å²) in [5.74, 6) is 0.242. The van der Waals surface area contributed by atoms with Gasteiger partial charge >= 0.3 is 6.18 Å². The molecule has 6 nitrogen and oxygen atoms in total. The molecule has 0 bridgehead atoms. The SMILES string of the molecule is COc1ccccc1C(=O)NCc1n[nH]c(=S)n1-c1cccc(C(F)(F)F)c1. The first-order chi connectivity index (χ1) is 13.3. The lowest BCUT2D eigenvalue weighted by Crippen LogP contribution is -2.25. The van der Waals surface area contributed by atoms with Gasteiger partial charge in [0.2, 0.25) is 0 Å². The van der Waals surface area contributed by atoms with Crippen LogP contribution in [-0.4, -0.2) is 27.8 Å². The van der Waals surface area contributed by atoms with Gasteiger partial charge in [-0.3, -0.25) is 14.5 Å². The summed E-state index contributed by atoms with van der Waals surface area (Å²) in [4.78, 5) is 12.4. The van der Waals surface area contributed by atoms with Crippen LogP contribution in [0.25, 0.3) is 5.69 Å². The topological polar surface area (TPSA) is 71.9 Å². The average Bonchev–Trinajstić information content (AvgIpc) is 3.06. The predicted octanol–water partition coefficient (Wildman–Crippen LogP) is 3.89. The van der Waals surface area contributed by atoms with E-state index >= 15 is 0 Å². The van der Waals surface area contributed by atoms with Gasteiger partial charge in [-0.25, -0.2) is 0 Å². The third-order valence-electron chi connectivity index (χ3n) is 3.93. The van der Waals surface area contributed by atoms with Crippen LogP contribution in [0.1, 0.15) is 21.7 Å². The first-order valence-electron chi connectivity index (χ1n) is 8.06. The Balaban J connectivity index is 1.86. The van der Waals surface area contributed by atoms with Gasteiger partial charge in [0.1, 0.15) is 5.75 Å². The average molecular weight is 408 g/mol. The third-order valence-corrected chi connectivity index (χ3v) is 4.21. The molecule has 28 heavy (non-hydrogen) atoms. The van der Waals surface area contributed by atoms with Crippen molar-refractivity contribution in [2.75, 3.05) is 7.11 Å². The van der Waals surface area contributed by atoms with Crippen LogP contribution in [0.15, 0.2) is 48.5 Å². The van der Waals surface area contributed by atoms with Crippen molar-refractivity contribution in [3.8, 4) is 11.4 Å². The highest BCUT2D eigenvalue weighted by Crippen LogP contribution is 2.30. The lowest BCUT2D eigenvalue weighted by Gasteiger charge is -2.12. The second-order valence-corrected chi connectivity index (χ2v) is 6.10. The Hall–Kier alpha value is -3.14. The number of aromatic amines is 1. The summed E-state index contributed by atoms with van der Waals surface area (Å²) in [7, 11) is 1.45. The monoisotopic (exact) mass is 408 g/mol. The Morgan fingerprint density at radius 2 is 2.00 bits per heavy atom. The number of alkyl halides is 3. The summed E-state index contributed by atoms with van der Waals surface area (Å²) < 4.78 is 45.6. The van der Waals surface area contributed by atoms with Crippen molar-refractivity contribution in [3.05, 3.63) is 70.3 Å². The van der Waals surface area contributed by atoms with Crippen LogP contribution in [0.5, 0.6) is 5.75 Å². The number of hydrogen-bond acceptors (Lipinski definition) is 4. The minimum Gasteiger partial charge on any atom is -0.496 e. The molecule has 1 amide bonds. The smallest absolute Gasteiger partial charge is 0.416 e. The van der Waals surface area contributed by atoms with Crippen molar-refractivity contribution in [2.45, 2.75) is 12.7 Å². The normalized spacial score (nSPS) is 11.3. The maximum atomic E-state index is 13.0. The number of carbonyl (C=O) groups is 1. The van der Waals surface area contributed by atoms with Crippen LogP contribution in [0, 0.1) is 4.77 Å². The van der Waals surface area contributed by atoms with E-state index in [0.717, 1.165) is 12.1 Å². The van der Waals surface area contributed by atoms with Crippen molar-refractivity contribution in [1.82, 2.24) is 20.1 Å². The molecular formula is C18H15F3N4O2S. The van der Waals surface area contributed by atoms with Gasteiger partial charge in [0.05, 0.1) is 30.5 Å². The first kappa shape index (κ1) is 19.6. The molecule has 0 fully saturated rings. The van der Waals surface area contributed by atoms with Crippen molar-refractivity contribution in [1.29, 1.82) is 0 Å². The minimum absolute atomic E-state index is 0.0553. The number of H-pyrrole nitrogens is 1. The highest BCUT2D eigenvalue weighted by Gasteiger charge is 2.30. The maximum Gasteiger partial charge on any atom is 0.416 e. The predicted molar refractivity (Wildman–Crippen MR) is 97.9 cm³/mol. The fourth-order valence-corrected chi connectivity index (χ4v) is 2.88. The van der Waals surface area contributed by atoms with Gasteiger partial charge < -0.3 is 10.1 Å². The Bertz CT molecular complexity index is 1060. The number of nitrogens with zero attached hydrogens (tertiary/aromatic N) is 2. The number of nitrogens with one attached hydrogen (secondary N) is 2. The number of amides is 1. The summed E-state index contributed by atoms with van der Waals surface area (Å²) in [5.41, 5.74) is -0.294. The van der Waals surface area contributed by atoms with E-state index in [1.165, 1.54) is 23.8 Å². The van der Waals surface area contributed by atoms with E-state index in [9.17, 15) is 18.0 Å². The number of rotatable bonds is 5. The van der Waals surface area contributed by atoms with Crippen LogP contribution in [0.3, 0.4) is 0 Å². The molecule has 10 heteroatoms. The van der Waals surface area contributed by atoms with E-state index in [0.29, 0.717) is 11.3 Å². The van der Waals surface area contributed by atoms with Gasteiger partial charge in [-0.15, -0.1) is 0 Å². The Morgan fingerprint density at radius 1 is 1.25 bits per heavy atom. The number of aromatic nitrogens is 3.